The molecule has 6 nitrogen and oxygen atoms in total. The number of carbonyl (C=O) groups is 2. The number of amides is 1. The van der Waals surface area contributed by atoms with Gasteiger partial charge >= 0.3 is 5.97 Å². The second-order valence-corrected chi connectivity index (χ2v) is 4.92. The third-order valence-corrected chi connectivity index (χ3v) is 3.43. The third-order valence-electron chi connectivity index (χ3n) is 3.43. The van der Waals surface area contributed by atoms with E-state index in [9.17, 15) is 14.7 Å². The molecule has 1 aliphatic rings. The van der Waals surface area contributed by atoms with Crippen LogP contribution >= 0.6 is 0 Å². The van der Waals surface area contributed by atoms with Crippen LogP contribution in [0.2, 0.25) is 0 Å². The van der Waals surface area contributed by atoms with E-state index in [-0.39, 0.29) is 23.8 Å². The highest BCUT2D eigenvalue weighted by Crippen LogP contribution is 2.35. The second kappa shape index (κ2) is 5.40. The molecule has 0 atom stereocenters. The minimum atomic E-state index is -0.991. The quantitative estimate of drug-likeness (QED) is 0.905. The molecule has 2 aromatic carbocycles. The lowest BCUT2D eigenvalue weighted by atomic mass is 10.1. The predicted molar refractivity (Wildman–Crippen MR) is 78.2 cm³/mol. The summed E-state index contributed by atoms with van der Waals surface area (Å²) in [6.45, 7) is 0.212. The Morgan fingerprint density at radius 3 is 2.59 bits per heavy atom. The molecule has 0 aromatic heterocycles. The first-order chi connectivity index (χ1) is 10.5. The number of anilines is 1. The molecule has 0 radical (unpaired) electrons. The Bertz CT molecular complexity index is 739. The van der Waals surface area contributed by atoms with Crippen LogP contribution in [0.15, 0.2) is 42.5 Å². The first kappa shape index (κ1) is 13.9. The first-order valence-corrected chi connectivity index (χ1v) is 6.63. The molecule has 22 heavy (non-hydrogen) atoms. The van der Waals surface area contributed by atoms with Crippen molar-refractivity contribution in [2.45, 2.75) is 6.54 Å². The van der Waals surface area contributed by atoms with Crippen molar-refractivity contribution in [3.05, 3.63) is 53.6 Å². The zero-order valence-electron chi connectivity index (χ0n) is 11.5. The van der Waals surface area contributed by atoms with Gasteiger partial charge in [-0.05, 0) is 29.8 Å². The maximum absolute atomic E-state index is 12.1. The van der Waals surface area contributed by atoms with Crippen LogP contribution < -0.4 is 9.64 Å². The fourth-order valence-electron chi connectivity index (χ4n) is 2.30. The van der Waals surface area contributed by atoms with E-state index in [0.29, 0.717) is 18.0 Å². The summed E-state index contributed by atoms with van der Waals surface area (Å²) >= 11 is 0. The molecular weight excluding hydrogens is 286 g/mol. The van der Waals surface area contributed by atoms with Gasteiger partial charge in [0, 0.05) is 6.07 Å². The number of phenols is 1. The number of fused-ring (bicyclic) bond motifs is 1. The Kier molecular flexibility index (Phi) is 3.42. The van der Waals surface area contributed by atoms with Crippen molar-refractivity contribution in [2.75, 3.05) is 11.5 Å². The van der Waals surface area contributed by atoms with E-state index in [2.05, 4.69) is 0 Å². The minimum absolute atomic E-state index is 0.0684. The van der Waals surface area contributed by atoms with Crippen LogP contribution in [0.1, 0.15) is 15.9 Å². The molecule has 1 heterocycles. The summed E-state index contributed by atoms with van der Waals surface area (Å²) < 4.78 is 5.31. The summed E-state index contributed by atoms with van der Waals surface area (Å²) in [4.78, 5) is 24.5. The zero-order valence-corrected chi connectivity index (χ0v) is 11.5. The van der Waals surface area contributed by atoms with E-state index in [0.717, 1.165) is 5.56 Å². The summed E-state index contributed by atoms with van der Waals surface area (Å²) in [5.41, 5.74) is 1.58. The van der Waals surface area contributed by atoms with Crippen LogP contribution in [0.3, 0.4) is 0 Å². The average molecular weight is 299 g/mol. The Morgan fingerprint density at radius 2 is 1.91 bits per heavy atom. The molecule has 112 valence electrons. The van der Waals surface area contributed by atoms with Crippen LogP contribution in [-0.4, -0.2) is 28.7 Å². The maximum atomic E-state index is 12.1. The molecule has 0 unspecified atom stereocenters. The summed E-state index contributed by atoms with van der Waals surface area (Å²) in [6, 6.07) is 10.9. The number of hydrogen-bond donors (Lipinski definition) is 2. The molecule has 1 amide bonds. The summed E-state index contributed by atoms with van der Waals surface area (Å²) in [5, 5.41) is 18.4. The molecule has 0 bridgehead atoms. The highest BCUT2D eigenvalue weighted by Gasteiger charge is 2.25. The van der Waals surface area contributed by atoms with Gasteiger partial charge in [-0.3, -0.25) is 4.79 Å². The highest BCUT2D eigenvalue weighted by molar-refractivity contribution is 5.97. The van der Waals surface area contributed by atoms with Gasteiger partial charge in [0.1, 0.15) is 11.5 Å². The van der Waals surface area contributed by atoms with E-state index in [4.69, 9.17) is 9.84 Å². The maximum Gasteiger partial charge on any atom is 0.335 e. The molecule has 0 saturated carbocycles. The largest absolute Gasteiger partial charge is 0.508 e. The second-order valence-electron chi connectivity index (χ2n) is 4.92. The van der Waals surface area contributed by atoms with Crippen molar-refractivity contribution in [3.63, 3.8) is 0 Å². The van der Waals surface area contributed by atoms with E-state index < -0.39 is 5.97 Å². The molecule has 2 aromatic rings. The van der Waals surface area contributed by atoms with E-state index in [1.807, 2.05) is 0 Å². The Hall–Kier alpha value is -3.02. The molecule has 0 fully saturated rings. The van der Waals surface area contributed by atoms with E-state index in [1.165, 1.54) is 24.3 Å². The number of carbonyl (C=O) groups excluding carboxylic acids is 1. The summed E-state index contributed by atoms with van der Waals surface area (Å²) in [7, 11) is 0. The summed E-state index contributed by atoms with van der Waals surface area (Å²) in [5.74, 6) is -0.670. The van der Waals surface area contributed by atoms with E-state index >= 15 is 0 Å². The van der Waals surface area contributed by atoms with Crippen molar-refractivity contribution in [1.82, 2.24) is 0 Å². The SMILES string of the molecule is O=C(O)c1ccc(CN2C(=O)COc3cc(O)ccc32)cc1. The Balaban J connectivity index is 1.88. The van der Waals surface area contributed by atoms with Gasteiger partial charge in [0.05, 0.1) is 17.8 Å². The molecular formula is C16H13NO5. The molecule has 0 spiro atoms. The number of carboxylic acid groups (broad SMARTS) is 1. The standard InChI is InChI=1S/C16H13NO5/c18-12-5-6-13-14(7-12)22-9-15(19)17(13)8-10-1-3-11(4-2-10)16(20)21/h1-7,18H,8-9H2,(H,20,21). The lowest BCUT2D eigenvalue weighted by Crippen LogP contribution is -2.38. The lowest BCUT2D eigenvalue weighted by molar-refractivity contribution is -0.121. The zero-order chi connectivity index (χ0) is 15.7. The number of aromatic hydroxyl groups is 1. The van der Waals surface area contributed by atoms with Crippen LogP contribution in [0.5, 0.6) is 11.5 Å². The summed E-state index contributed by atoms with van der Waals surface area (Å²) in [6.07, 6.45) is 0. The molecule has 6 heteroatoms. The Labute approximate surface area is 126 Å². The monoisotopic (exact) mass is 299 g/mol. The minimum Gasteiger partial charge on any atom is -0.508 e. The van der Waals surface area contributed by atoms with Crippen LogP contribution in [0.4, 0.5) is 5.69 Å². The van der Waals surface area contributed by atoms with Crippen molar-refractivity contribution in [1.29, 1.82) is 0 Å². The number of nitrogens with zero attached hydrogens (tertiary/aromatic N) is 1. The first-order valence-electron chi connectivity index (χ1n) is 6.63. The fraction of sp³-hybridized carbons (Fsp3) is 0.125. The van der Waals surface area contributed by atoms with Crippen molar-refractivity contribution >= 4 is 17.6 Å². The van der Waals surface area contributed by atoms with E-state index in [1.54, 1.807) is 23.1 Å². The van der Waals surface area contributed by atoms with Gasteiger partial charge in [-0.2, -0.15) is 0 Å². The van der Waals surface area contributed by atoms with Gasteiger partial charge in [0.25, 0.3) is 5.91 Å². The molecule has 2 N–H and O–H groups in total. The van der Waals surface area contributed by atoms with Crippen molar-refractivity contribution in [3.8, 4) is 11.5 Å². The molecule has 3 rings (SSSR count). The van der Waals surface area contributed by atoms with Gasteiger partial charge in [0.15, 0.2) is 6.61 Å². The molecule has 0 saturated heterocycles. The van der Waals surface area contributed by atoms with Gasteiger partial charge in [0.2, 0.25) is 0 Å². The normalized spacial score (nSPS) is 13.5. The smallest absolute Gasteiger partial charge is 0.335 e. The van der Waals surface area contributed by atoms with Crippen LogP contribution in [0.25, 0.3) is 0 Å². The number of hydrogen-bond acceptors (Lipinski definition) is 4. The number of benzene rings is 2. The molecule has 1 aliphatic heterocycles. The van der Waals surface area contributed by atoms with Crippen LogP contribution in [-0.2, 0) is 11.3 Å². The van der Waals surface area contributed by atoms with Gasteiger partial charge in [-0.25, -0.2) is 4.79 Å². The Morgan fingerprint density at radius 1 is 1.18 bits per heavy atom. The number of phenolic OH excluding ortho intramolecular Hbond substituents is 1. The van der Waals surface area contributed by atoms with Crippen molar-refractivity contribution in [2.24, 2.45) is 0 Å². The number of rotatable bonds is 3. The highest BCUT2D eigenvalue weighted by atomic mass is 16.5. The number of aromatic carboxylic acids is 1. The van der Waals surface area contributed by atoms with Gasteiger partial charge < -0.3 is 19.8 Å². The number of carboxylic acids is 1. The topological polar surface area (TPSA) is 87.1 Å². The lowest BCUT2D eigenvalue weighted by Gasteiger charge is -2.29. The molecule has 0 aliphatic carbocycles. The van der Waals surface area contributed by atoms with Gasteiger partial charge in [-0.15, -0.1) is 0 Å². The predicted octanol–water partition coefficient (Wildman–Crippen LogP) is 2.02. The number of ether oxygens (including phenoxy) is 1. The fourth-order valence-corrected chi connectivity index (χ4v) is 2.30. The third kappa shape index (κ3) is 2.58. The van der Waals surface area contributed by atoms with Gasteiger partial charge in [-0.1, -0.05) is 12.1 Å². The van der Waals surface area contributed by atoms with Crippen molar-refractivity contribution < 1.29 is 24.5 Å². The van der Waals surface area contributed by atoms with Crippen LogP contribution in [0, 0.1) is 0 Å². The average Bonchev–Trinajstić information content (AvgIpc) is 2.50.